The minimum atomic E-state index is -0.0865. The standard InChI is InChI=1S/C17H24N4O2S/c1-20(2)17(23)15-14(18)11-6-7-12(19-16(11)24-15)13-5-3-4-8-21(13)9-10-22/h6-7,13,22H,3-5,8-10,18H2,1-2H3/t13-/m1/s1. The molecule has 3 rings (SSSR count). The third-order valence-electron chi connectivity index (χ3n) is 4.56. The molecule has 0 unspecified atom stereocenters. The number of amides is 1. The second kappa shape index (κ2) is 7.04. The molecule has 1 aliphatic rings. The molecule has 0 bridgehead atoms. The summed E-state index contributed by atoms with van der Waals surface area (Å²) in [6.07, 6.45) is 3.37. The molecule has 0 aromatic carbocycles. The van der Waals surface area contributed by atoms with Gasteiger partial charge in [-0.15, -0.1) is 11.3 Å². The van der Waals surface area contributed by atoms with E-state index < -0.39 is 0 Å². The molecule has 3 heterocycles. The monoisotopic (exact) mass is 348 g/mol. The highest BCUT2D eigenvalue weighted by Gasteiger charge is 2.26. The predicted octanol–water partition coefficient (Wildman–Crippen LogP) is 2.10. The molecular formula is C17H24N4O2S. The van der Waals surface area contributed by atoms with E-state index in [9.17, 15) is 9.90 Å². The topological polar surface area (TPSA) is 82.7 Å². The van der Waals surface area contributed by atoms with Crippen molar-refractivity contribution in [2.45, 2.75) is 25.3 Å². The lowest BCUT2D eigenvalue weighted by molar-refractivity contribution is 0.0833. The molecule has 7 heteroatoms. The number of hydrogen-bond donors (Lipinski definition) is 2. The Morgan fingerprint density at radius 1 is 1.46 bits per heavy atom. The smallest absolute Gasteiger partial charge is 0.265 e. The highest BCUT2D eigenvalue weighted by molar-refractivity contribution is 7.21. The number of nitrogens with two attached hydrogens (primary N) is 1. The fourth-order valence-electron chi connectivity index (χ4n) is 3.28. The molecule has 0 saturated carbocycles. The highest BCUT2D eigenvalue weighted by Crippen LogP contribution is 2.36. The Labute approximate surface area is 145 Å². The van der Waals surface area contributed by atoms with Gasteiger partial charge >= 0.3 is 0 Å². The van der Waals surface area contributed by atoms with Crippen molar-refractivity contribution in [3.05, 3.63) is 22.7 Å². The van der Waals surface area contributed by atoms with Gasteiger partial charge in [-0.05, 0) is 31.5 Å². The number of aliphatic hydroxyl groups is 1. The Bertz CT molecular complexity index is 742. The number of fused-ring (bicyclic) bond motifs is 1. The number of thiophene rings is 1. The Hall–Kier alpha value is -1.70. The van der Waals surface area contributed by atoms with E-state index in [0.717, 1.165) is 35.3 Å². The van der Waals surface area contributed by atoms with Crippen LogP contribution >= 0.6 is 11.3 Å². The molecule has 130 valence electrons. The normalized spacial score (nSPS) is 18.9. The van der Waals surface area contributed by atoms with E-state index in [0.29, 0.717) is 17.1 Å². The van der Waals surface area contributed by atoms with Gasteiger partial charge in [-0.1, -0.05) is 6.42 Å². The van der Waals surface area contributed by atoms with Gasteiger partial charge in [0.15, 0.2) is 0 Å². The van der Waals surface area contributed by atoms with Crippen LogP contribution in [-0.2, 0) is 0 Å². The summed E-state index contributed by atoms with van der Waals surface area (Å²) in [4.78, 5) is 22.2. The molecule has 0 radical (unpaired) electrons. The van der Waals surface area contributed by atoms with E-state index in [-0.39, 0.29) is 18.6 Å². The van der Waals surface area contributed by atoms with Gasteiger partial charge < -0.3 is 15.7 Å². The largest absolute Gasteiger partial charge is 0.397 e. The molecule has 1 aliphatic heterocycles. The number of piperidine rings is 1. The number of likely N-dealkylation sites (tertiary alicyclic amines) is 1. The van der Waals surface area contributed by atoms with Gasteiger partial charge in [0.25, 0.3) is 5.91 Å². The number of pyridine rings is 1. The van der Waals surface area contributed by atoms with E-state index >= 15 is 0 Å². The van der Waals surface area contributed by atoms with Crippen LogP contribution in [0.5, 0.6) is 0 Å². The molecule has 2 aromatic heterocycles. The molecule has 6 nitrogen and oxygen atoms in total. The van der Waals surface area contributed by atoms with Crippen molar-refractivity contribution < 1.29 is 9.90 Å². The van der Waals surface area contributed by atoms with Crippen LogP contribution in [-0.4, -0.2) is 59.6 Å². The number of rotatable bonds is 4. The van der Waals surface area contributed by atoms with Crippen molar-refractivity contribution in [1.82, 2.24) is 14.8 Å². The second-order valence-corrected chi connectivity index (χ2v) is 7.40. The van der Waals surface area contributed by atoms with Crippen LogP contribution in [0, 0.1) is 0 Å². The molecule has 1 saturated heterocycles. The molecule has 0 spiro atoms. The zero-order valence-corrected chi connectivity index (χ0v) is 15.0. The van der Waals surface area contributed by atoms with Crippen molar-refractivity contribution in [2.75, 3.05) is 39.5 Å². The molecule has 1 fully saturated rings. The van der Waals surface area contributed by atoms with Gasteiger partial charge in [-0.3, -0.25) is 9.69 Å². The fraction of sp³-hybridized carbons (Fsp3) is 0.529. The highest BCUT2D eigenvalue weighted by atomic mass is 32.1. The number of anilines is 1. The first-order valence-electron chi connectivity index (χ1n) is 8.28. The van der Waals surface area contributed by atoms with Gasteiger partial charge in [-0.25, -0.2) is 4.98 Å². The van der Waals surface area contributed by atoms with Gasteiger partial charge in [-0.2, -0.15) is 0 Å². The summed E-state index contributed by atoms with van der Waals surface area (Å²) in [5.74, 6) is -0.0865. The van der Waals surface area contributed by atoms with Crippen molar-refractivity contribution in [2.24, 2.45) is 0 Å². The summed E-state index contributed by atoms with van der Waals surface area (Å²) in [7, 11) is 3.44. The lowest BCUT2D eigenvalue weighted by atomic mass is 9.98. The molecular weight excluding hydrogens is 324 g/mol. The Morgan fingerprint density at radius 2 is 2.25 bits per heavy atom. The zero-order valence-electron chi connectivity index (χ0n) is 14.2. The maximum Gasteiger partial charge on any atom is 0.265 e. The first-order chi connectivity index (χ1) is 11.5. The summed E-state index contributed by atoms with van der Waals surface area (Å²) in [6.45, 7) is 1.81. The first kappa shape index (κ1) is 17.1. The molecule has 3 N–H and O–H groups in total. The fourth-order valence-corrected chi connectivity index (χ4v) is 4.40. The third kappa shape index (κ3) is 3.11. The van der Waals surface area contributed by atoms with Crippen LogP contribution in [0.4, 0.5) is 5.69 Å². The number of carbonyl (C=O) groups is 1. The van der Waals surface area contributed by atoms with Crippen molar-refractivity contribution in [3.8, 4) is 0 Å². The van der Waals surface area contributed by atoms with Crippen molar-refractivity contribution in [1.29, 1.82) is 0 Å². The first-order valence-corrected chi connectivity index (χ1v) is 9.10. The van der Waals surface area contributed by atoms with E-state index in [1.54, 1.807) is 14.1 Å². The van der Waals surface area contributed by atoms with Gasteiger partial charge in [0.1, 0.15) is 9.71 Å². The Kier molecular flexibility index (Phi) is 5.03. The lowest BCUT2D eigenvalue weighted by Gasteiger charge is -2.34. The number of aromatic nitrogens is 1. The van der Waals surface area contributed by atoms with E-state index in [1.165, 1.54) is 22.7 Å². The predicted molar refractivity (Wildman–Crippen MR) is 97.3 cm³/mol. The van der Waals surface area contributed by atoms with Crippen LogP contribution in [0.15, 0.2) is 12.1 Å². The number of carbonyl (C=O) groups excluding carboxylic acids is 1. The van der Waals surface area contributed by atoms with Gasteiger partial charge in [0.05, 0.1) is 24.0 Å². The van der Waals surface area contributed by atoms with Crippen molar-refractivity contribution >= 4 is 33.1 Å². The number of nitrogens with zero attached hydrogens (tertiary/aromatic N) is 3. The number of nitrogen functional groups attached to an aromatic ring is 1. The van der Waals surface area contributed by atoms with Gasteiger partial charge in [0.2, 0.25) is 0 Å². The maximum absolute atomic E-state index is 12.3. The van der Waals surface area contributed by atoms with E-state index in [4.69, 9.17) is 10.7 Å². The molecule has 0 aliphatic carbocycles. The van der Waals surface area contributed by atoms with Crippen LogP contribution in [0.25, 0.3) is 10.2 Å². The summed E-state index contributed by atoms with van der Waals surface area (Å²) in [5.41, 5.74) is 7.68. The van der Waals surface area contributed by atoms with Crippen LogP contribution in [0.3, 0.4) is 0 Å². The summed E-state index contributed by atoms with van der Waals surface area (Å²) < 4.78 is 0. The molecule has 24 heavy (non-hydrogen) atoms. The van der Waals surface area contributed by atoms with Gasteiger partial charge in [0, 0.05) is 26.0 Å². The quantitative estimate of drug-likeness (QED) is 0.884. The Morgan fingerprint density at radius 3 is 2.96 bits per heavy atom. The molecule has 1 amide bonds. The minimum Gasteiger partial charge on any atom is -0.397 e. The van der Waals surface area contributed by atoms with Crippen LogP contribution in [0.2, 0.25) is 0 Å². The maximum atomic E-state index is 12.3. The average Bonchev–Trinajstić information content (AvgIpc) is 2.91. The summed E-state index contributed by atoms with van der Waals surface area (Å²) >= 11 is 1.36. The minimum absolute atomic E-state index is 0.0865. The average molecular weight is 348 g/mol. The molecule has 2 aromatic rings. The lowest BCUT2D eigenvalue weighted by Crippen LogP contribution is -2.35. The molecule has 1 atom stereocenters. The number of aliphatic hydroxyl groups excluding tert-OH is 1. The Balaban J connectivity index is 1.97. The van der Waals surface area contributed by atoms with E-state index in [2.05, 4.69) is 4.90 Å². The van der Waals surface area contributed by atoms with Crippen LogP contribution in [0.1, 0.15) is 40.7 Å². The van der Waals surface area contributed by atoms with Crippen LogP contribution < -0.4 is 5.73 Å². The number of β-amino-alcohol motifs (C(OH)–C–C–N with tert-alkyl or cyclic N) is 1. The third-order valence-corrected chi connectivity index (χ3v) is 5.66. The SMILES string of the molecule is CN(C)C(=O)c1sc2nc([C@H]3CCCCN3CCO)ccc2c1N. The number of hydrogen-bond acceptors (Lipinski definition) is 6. The second-order valence-electron chi connectivity index (χ2n) is 6.40. The van der Waals surface area contributed by atoms with E-state index in [1.807, 2.05) is 12.1 Å². The zero-order chi connectivity index (χ0) is 17.3. The summed E-state index contributed by atoms with van der Waals surface area (Å²) in [6, 6.07) is 4.21. The summed E-state index contributed by atoms with van der Waals surface area (Å²) in [5, 5.41) is 10.1. The van der Waals surface area contributed by atoms with Crippen molar-refractivity contribution in [3.63, 3.8) is 0 Å².